The lowest BCUT2D eigenvalue weighted by Crippen LogP contribution is -2.26. The number of benzene rings is 2. The Morgan fingerprint density at radius 3 is 2.59 bits per heavy atom. The summed E-state index contributed by atoms with van der Waals surface area (Å²) >= 11 is 0. The molecule has 0 unspecified atom stereocenters. The average Bonchev–Trinajstić information content (AvgIpc) is 2.46. The van der Waals surface area contributed by atoms with Crippen molar-refractivity contribution in [1.29, 1.82) is 0 Å². The zero-order chi connectivity index (χ0) is 15.9. The Bertz CT molecular complexity index is 692. The summed E-state index contributed by atoms with van der Waals surface area (Å²) in [6.45, 7) is 6.27. The zero-order valence-electron chi connectivity index (χ0n) is 13.2. The number of anilines is 1. The van der Waals surface area contributed by atoms with Gasteiger partial charge in [0.15, 0.2) is 0 Å². The second-order valence-corrected chi connectivity index (χ2v) is 5.38. The highest BCUT2D eigenvalue weighted by molar-refractivity contribution is 5.84. The molecule has 0 bridgehead atoms. The van der Waals surface area contributed by atoms with E-state index >= 15 is 0 Å². The minimum Gasteiger partial charge on any atom is -0.376 e. The molecule has 0 fully saturated rings. The van der Waals surface area contributed by atoms with Gasteiger partial charge in [0.05, 0.1) is 12.8 Å². The van der Waals surface area contributed by atoms with E-state index in [0.717, 1.165) is 22.4 Å². The Labute approximate surface area is 131 Å². The number of carbonyl (C=O) groups excluding carboxylic acids is 1. The number of hydrogen-bond acceptors (Lipinski definition) is 3. The minimum absolute atomic E-state index is 0.177. The summed E-state index contributed by atoms with van der Waals surface area (Å²) in [7, 11) is 0. The van der Waals surface area contributed by atoms with Gasteiger partial charge in [-0.1, -0.05) is 47.5 Å². The summed E-state index contributed by atoms with van der Waals surface area (Å²) in [6.07, 6.45) is 1.64. The van der Waals surface area contributed by atoms with Crippen LogP contribution in [0.2, 0.25) is 0 Å². The number of aryl methyl sites for hydroxylation is 3. The van der Waals surface area contributed by atoms with Gasteiger partial charge in [-0.25, -0.2) is 5.43 Å². The van der Waals surface area contributed by atoms with Crippen LogP contribution in [0.4, 0.5) is 5.69 Å². The van der Waals surface area contributed by atoms with E-state index in [2.05, 4.69) is 21.9 Å². The number of nitrogens with zero attached hydrogens (tertiary/aromatic N) is 1. The first kappa shape index (κ1) is 15.8. The van der Waals surface area contributed by atoms with Gasteiger partial charge in [0, 0.05) is 5.69 Å². The van der Waals surface area contributed by atoms with Gasteiger partial charge < -0.3 is 5.32 Å². The molecule has 2 aromatic rings. The van der Waals surface area contributed by atoms with Crippen LogP contribution in [0, 0.1) is 20.8 Å². The third kappa shape index (κ3) is 4.74. The third-order valence-electron chi connectivity index (χ3n) is 3.27. The molecule has 2 aromatic carbocycles. The van der Waals surface area contributed by atoms with Gasteiger partial charge >= 0.3 is 0 Å². The van der Waals surface area contributed by atoms with Crippen LogP contribution in [0.3, 0.4) is 0 Å². The highest BCUT2D eigenvalue weighted by Crippen LogP contribution is 2.15. The van der Waals surface area contributed by atoms with Crippen molar-refractivity contribution < 1.29 is 4.79 Å². The van der Waals surface area contributed by atoms with Gasteiger partial charge in [-0.3, -0.25) is 4.79 Å². The van der Waals surface area contributed by atoms with Crippen molar-refractivity contribution in [2.24, 2.45) is 5.10 Å². The van der Waals surface area contributed by atoms with Crippen molar-refractivity contribution in [2.75, 3.05) is 11.9 Å². The molecule has 0 saturated carbocycles. The number of carbonyl (C=O) groups is 1. The maximum absolute atomic E-state index is 11.8. The summed E-state index contributed by atoms with van der Waals surface area (Å²) in [5.74, 6) is -0.177. The molecule has 22 heavy (non-hydrogen) atoms. The highest BCUT2D eigenvalue weighted by atomic mass is 16.2. The molecule has 2 N–H and O–H groups in total. The largest absolute Gasteiger partial charge is 0.376 e. The van der Waals surface area contributed by atoms with E-state index in [1.54, 1.807) is 6.21 Å². The van der Waals surface area contributed by atoms with Crippen LogP contribution < -0.4 is 10.7 Å². The van der Waals surface area contributed by atoms with Crippen LogP contribution in [-0.4, -0.2) is 18.7 Å². The number of hydrazone groups is 1. The van der Waals surface area contributed by atoms with E-state index in [-0.39, 0.29) is 12.5 Å². The lowest BCUT2D eigenvalue weighted by atomic mass is 10.1. The Morgan fingerprint density at radius 2 is 1.86 bits per heavy atom. The zero-order valence-corrected chi connectivity index (χ0v) is 13.2. The van der Waals surface area contributed by atoms with Crippen LogP contribution in [0.25, 0.3) is 0 Å². The van der Waals surface area contributed by atoms with E-state index in [1.807, 2.05) is 57.2 Å². The van der Waals surface area contributed by atoms with Crippen LogP contribution >= 0.6 is 0 Å². The van der Waals surface area contributed by atoms with E-state index in [0.29, 0.717) is 0 Å². The first-order valence-corrected chi connectivity index (χ1v) is 7.24. The van der Waals surface area contributed by atoms with Gasteiger partial charge in [-0.15, -0.1) is 0 Å². The lowest BCUT2D eigenvalue weighted by molar-refractivity contribution is -0.119. The van der Waals surface area contributed by atoms with Crippen molar-refractivity contribution in [1.82, 2.24) is 5.43 Å². The summed E-state index contributed by atoms with van der Waals surface area (Å²) in [5, 5.41) is 7.08. The van der Waals surface area contributed by atoms with Gasteiger partial charge in [-0.05, 0) is 38.0 Å². The SMILES string of the molecule is Cc1cccc(/C=N/NC(=O)CNc2ccc(C)cc2C)c1. The smallest absolute Gasteiger partial charge is 0.259 e. The Balaban J connectivity index is 1.83. The molecule has 0 aromatic heterocycles. The van der Waals surface area contributed by atoms with E-state index in [9.17, 15) is 4.79 Å². The second kappa shape index (κ2) is 7.41. The summed E-state index contributed by atoms with van der Waals surface area (Å²) in [6, 6.07) is 14.0. The molecule has 0 aliphatic carbocycles. The number of rotatable bonds is 5. The molecule has 0 saturated heterocycles. The molecule has 4 heteroatoms. The predicted octanol–water partition coefficient (Wildman–Crippen LogP) is 3.17. The van der Waals surface area contributed by atoms with Crippen molar-refractivity contribution in [2.45, 2.75) is 20.8 Å². The normalized spacial score (nSPS) is 10.7. The predicted molar refractivity (Wildman–Crippen MR) is 91.3 cm³/mol. The second-order valence-electron chi connectivity index (χ2n) is 5.38. The molecule has 0 spiro atoms. The molecular weight excluding hydrogens is 274 g/mol. The maximum atomic E-state index is 11.8. The Morgan fingerprint density at radius 1 is 1.09 bits per heavy atom. The molecule has 0 atom stereocenters. The van der Waals surface area contributed by atoms with Crippen molar-refractivity contribution in [3.63, 3.8) is 0 Å². The fraction of sp³-hybridized carbons (Fsp3) is 0.222. The molecule has 4 nitrogen and oxygen atoms in total. The fourth-order valence-corrected chi connectivity index (χ4v) is 2.16. The molecule has 0 aliphatic heterocycles. The standard InChI is InChI=1S/C18H21N3O/c1-13-5-4-6-16(10-13)11-20-21-18(22)12-19-17-8-7-14(2)9-15(17)3/h4-11,19H,12H2,1-3H3,(H,21,22)/b20-11+. The van der Waals surface area contributed by atoms with Crippen LogP contribution in [-0.2, 0) is 4.79 Å². The maximum Gasteiger partial charge on any atom is 0.259 e. The average molecular weight is 295 g/mol. The Kier molecular flexibility index (Phi) is 5.31. The van der Waals surface area contributed by atoms with Crippen LogP contribution in [0.1, 0.15) is 22.3 Å². The molecular formula is C18H21N3O. The third-order valence-corrected chi connectivity index (χ3v) is 3.27. The fourth-order valence-electron chi connectivity index (χ4n) is 2.16. The number of nitrogens with one attached hydrogen (secondary N) is 2. The van der Waals surface area contributed by atoms with Crippen LogP contribution in [0.5, 0.6) is 0 Å². The van der Waals surface area contributed by atoms with Gasteiger partial charge in [0.2, 0.25) is 0 Å². The first-order chi connectivity index (χ1) is 10.5. The van der Waals surface area contributed by atoms with Crippen LogP contribution in [0.15, 0.2) is 47.6 Å². The Hall–Kier alpha value is -2.62. The first-order valence-electron chi connectivity index (χ1n) is 7.24. The lowest BCUT2D eigenvalue weighted by Gasteiger charge is -2.09. The number of amides is 1. The van der Waals surface area contributed by atoms with Crippen molar-refractivity contribution in [3.05, 3.63) is 64.7 Å². The van der Waals surface area contributed by atoms with Crippen molar-refractivity contribution in [3.8, 4) is 0 Å². The summed E-state index contributed by atoms with van der Waals surface area (Å²) < 4.78 is 0. The molecule has 2 rings (SSSR count). The molecule has 1 amide bonds. The van der Waals surface area contributed by atoms with E-state index in [1.165, 1.54) is 5.56 Å². The van der Waals surface area contributed by atoms with E-state index < -0.39 is 0 Å². The summed E-state index contributed by atoms with van der Waals surface area (Å²) in [5.41, 5.74) is 7.93. The van der Waals surface area contributed by atoms with Crippen molar-refractivity contribution >= 4 is 17.8 Å². The molecule has 0 radical (unpaired) electrons. The quantitative estimate of drug-likeness (QED) is 0.657. The number of hydrogen-bond donors (Lipinski definition) is 2. The minimum atomic E-state index is -0.177. The molecule has 0 aliphatic rings. The monoisotopic (exact) mass is 295 g/mol. The summed E-state index contributed by atoms with van der Waals surface area (Å²) in [4.78, 5) is 11.8. The molecule has 114 valence electrons. The molecule has 0 heterocycles. The highest BCUT2D eigenvalue weighted by Gasteiger charge is 2.02. The van der Waals surface area contributed by atoms with Gasteiger partial charge in [-0.2, -0.15) is 5.10 Å². The van der Waals surface area contributed by atoms with Gasteiger partial charge in [0.1, 0.15) is 0 Å². The van der Waals surface area contributed by atoms with E-state index in [4.69, 9.17) is 0 Å². The topological polar surface area (TPSA) is 53.5 Å². The van der Waals surface area contributed by atoms with Gasteiger partial charge in [0.25, 0.3) is 5.91 Å².